The summed E-state index contributed by atoms with van der Waals surface area (Å²) >= 11 is 0. The quantitative estimate of drug-likeness (QED) is 0.631. The molecule has 4 N–H and O–H groups in total. The van der Waals surface area contributed by atoms with Gasteiger partial charge in [0.25, 0.3) is 5.56 Å². The van der Waals surface area contributed by atoms with E-state index in [9.17, 15) is 9.59 Å². The first kappa shape index (κ1) is 11.7. The van der Waals surface area contributed by atoms with E-state index in [1.807, 2.05) is 0 Å². The van der Waals surface area contributed by atoms with Crippen molar-refractivity contribution in [3.8, 4) is 0 Å². The van der Waals surface area contributed by atoms with Crippen molar-refractivity contribution in [2.24, 2.45) is 7.05 Å². The Balaban J connectivity index is 2.29. The van der Waals surface area contributed by atoms with Crippen LogP contribution in [-0.4, -0.2) is 28.8 Å². The standard InChI is InChI=1S/C10H16N4O3/c1-14-8(11)7(9(15)13-10(14)16)12-6-3-2-4-17-5-6/h6,12H,2-5,11H2,1H3,(H,13,15,16). The Labute approximate surface area is 97.6 Å². The normalized spacial score (nSPS) is 20.2. The second-order valence-corrected chi connectivity index (χ2v) is 4.14. The van der Waals surface area contributed by atoms with E-state index in [-0.39, 0.29) is 17.5 Å². The predicted octanol–water partition coefficient (Wildman–Crippen LogP) is -0.753. The van der Waals surface area contributed by atoms with E-state index >= 15 is 0 Å². The lowest BCUT2D eigenvalue weighted by molar-refractivity contribution is 0.0876. The van der Waals surface area contributed by atoms with Crippen molar-refractivity contribution in [2.75, 3.05) is 24.3 Å². The maximum atomic E-state index is 11.6. The van der Waals surface area contributed by atoms with Gasteiger partial charge < -0.3 is 15.8 Å². The Morgan fingerprint density at radius 2 is 2.29 bits per heavy atom. The molecule has 1 aromatic rings. The molecule has 2 rings (SSSR count). The maximum Gasteiger partial charge on any atom is 0.329 e. The van der Waals surface area contributed by atoms with Gasteiger partial charge in [-0.1, -0.05) is 0 Å². The topological polar surface area (TPSA) is 102 Å². The summed E-state index contributed by atoms with van der Waals surface area (Å²) in [5.41, 5.74) is 4.97. The lowest BCUT2D eigenvalue weighted by Gasteiger charge is -2.24. The SMILES string of the molecule is Cn1c(N)c(NC2CCCOC2)c(=O)[nH]c1=O. The molecule has 0 spiro atoms. The van der Waals surface area contributed by atoms with Crippen LogP contribution < -0.4 is 22.3 Å². The summed E-state index contributed by atoms with van der Waals surface area (Å²) in [6.45, 7) is 1.29. The molecule has 0 bridgehead atoms. The first-order chi connectivity index (χ1) is 8.09. The monoisotopic (exact) mass is 240 g/mol. The molecule has 1 aliphatic heterocycles. The highest BCUT2D eigenvalue weighted by Crippen LogP contribution is 2.14. The van der Waals surface area contributed by atoms with Crippen molar-refractivity contribution in [3.63, 3.8) is 0 Å². The number of hydrogen-bond acceptors (Lipinski definition) is 5. The van der Waals surface area contributed by atoms with E-state index in [1.165, 1.54) is 11.6 Å². The van der Waals surface area contributed by atoms with Gasteiger partial charge in [0, 0.05) is 19.7 Å². The van der Waals surface area contributed by atoms with Gasteiger partial charge in [-0.05, 0) is 12.8 Å². The summed E-state index contributed by atoms with van der Waals surface area (Å²) < 4.78 is 6.51. The second-order valence-electron chi connectivity index (χ2n) is 4.14. The van der Waals surface area contributed by atoms with Crippen molar-refractivity contribution in [2.45, 2.75) is 18.9 Å². The van der Waals surface area contributed by atoms with Crippen LogP contribution in [0, 0.1) is 0 Å². The average Bonchev–Trinajstić information content (AvgIpc) is 2.33. The molecule has 0 aromatic carbocycles. The van der Waals surface area contributed by atoms with E-state index in [4.69, 9.17) is 10.5 Å². The molecule has 17 heavy (non-hydrogen) atoms. The van der Waals surface area contributed by atoms with E-state index in [0.717, 1.165) is 19.4 Å². The molecule has 1 aliphatic rings. The van der Waals surface area contributed by atoms with Crippen LogP contribution >= 0.6 is 0 Å². The summed E-state index contributed by atoms with van der Waals surface area (Å²) in [4.78, 5) is 25.1. The fourth-order valence-corrected chi connectivity index (χ4v) is 1.84. The molecule has 0 aliphatic carbocycles. The Hall–Kier alpha value is -1.76. The second kappa shape index (κ2) is 4.62. The molecule has 7 nitrogen and oxygen atoms in total. The number of rotatable bonds is 2. The van der Waals surface area contributed by atoms with Gasteiger partial charge >= 0.3 is 5.69 Å². The molecule has 0 amide bonds. The van der Waals surface area contributed by atoms with Gasteiger partial charge in [0.05, 0.1) is 6.61 Å². The van der Waals surface area contributed by atoms with Crippen LogP contribution in [0.15, 0.2) is 9.59 Å². The fraction of sp³-hybridized carbons (Fsp3) is 0.600. The van der Waals surface area contributed by atoms with Crippen LogP contribution in [0.4, 0.5) is 11.5 Å². The molecule has 1 atom stereocenters. The van der Waals surface area contributed by atoms with Gasteiger partial charge in [-0.25, -0.2) is 4.79 Å². The van der Waals surface area contributed by atoms with Crippen LogP contribution in [-0.2, 0) is 11.8 Å². The van der Waals surface area contributed by atoms with Gasteiger partial charge in [-0.2, -0.15) is 0 Å². The van der Waals surface area contributed by atoms with Gasteiger partial charge in [-0.3, -0.25) is 14.3 Å². The number of nitrogen functional groups attached to an aromatic ring is 1. The molecule has 2 heterocycles. The number of aromatic amines is 1. The number of nitrogens with one attached hydrogen (secondary N) is 2. The zero-order valence-electron chi connectivity index (χ0n) is 9.66. The average molecular weight is 240 g/mol. The van der Waals surface area contributed by atoms with Crippen molar-refractivity contribution in [1.82, 2.24) is 9.55 Å². The number of H-pyrrole nitrogens is 1. The minimum absolute atomic E-state index is 0.0599. The number of hydrogen-bond donors (Lipinski definition) is 3. The van der Waals surface area contributed by atoms with Gasteiger partial charge in [0.1, 0.15) is 11.5 Å². The minimum Gasteiger partial charge on any atom is -0.383 e. The molecule has 1 aromatic heterocycles. The van der Waals surface area contributed by atoms with Crippen LogP contribution in [0.5, 0.6) is 0 Å². The van der Waals surface area contributed by atoms with Gasteiger partial charge in [0.2, 0.25) is 0 Å². The molecule has 0 radical (unpaired) electrons. The van der Waals surface area contributed by atoms with Gasteiger partial charge in [-0.15, -0.1) is 0 Å². The van der Waals surface area contributed by atoms with E-state index in [0.29, 0.717) is 6.61 Å². The molecule has 1 fully saturated rings. The van der Waals surface area contributed by atoms with Crippen LogP contribution in [0.1, 0.15) is 12.8 Å². The third kappa shape index (κ3) is 2.33. The molecule has 1 saturated heterocycles. The Morgan fingerprint density at radius 1 is 1.53 bits per heavy atom. The highest BCUT2D eigenvalue weighted by Gasteiger charge is 2.17. The summed E-state index contributed by atoms with van der Waals surface area (Å²) in [6.07, 6.45) is 1.86. The van der Waals surface area contributed by atoms with Crippen LogP contribution in [0.2, 0.25) is 0 Å². The lowest BCUT2D eigenvalue weighted by Crippen LogP contribution is -2.37. The molecule has 0 saturated carbocycles. The van der Waals surface area contributed by atoms with Crippen LogP contribution in [0.3, 0.4) is 0 Å². The fourth-order valence-electron chi connectivity index (χ4n) is 1.84. The van der Waals surface area contributed by atoms with Crippen molar-refractivity contribution in [3.05, 3.63) is 20.8 Å². The minimum atomic E-state index is -0.516. The molecule has 94 valence electrons. The van der Waals surface area contributed by atoms with E-state index < -0.39 is 11.2 Å². The van der Waals surface area contributed by atoms with Crippen molar-refractivity contribution in [1.29, 1.82) is 0 Å². The Morgan fingerprint density at radius 3 is 2.94 bits per heavy atom. The van der Waals surface area contributed by atoms with E-state index in [2.05, 4.69) is 10.3 Å². The highest BCUT2D eigenvalue weighted by atomic mass is 16.5. The van der Waals surface area contributed by atoms with Crippen molar-refractivity contribution < 1.29 is 4.74 Å². The first-order valence-corrected chi connectivity index (χ1v) is 5.52. The number of nitrogens with zero attached hydrogens (tertiary/aromatic N) is 1. The van der Waals surface area contributed by atoms with Crippen molar-refractivity contribution >= 4 is 11.5 Å². The number of aromatic nitrogens is 2. The van der Waals surface area contributed by atoms with Crippen LogP contribution in [0.25, 0.3) is 0 Å². The number of anilines is 2. The third-order valence-corrected chi connectivity index (χ3v) is 2.88. The van der Waals surface area contributed by atoms with E-state index in [1.54, 1.807) is 0 Å². The summed E-state index contributed by atoms with van der Waals surface area (Å²) in [7, 11) is 1.51. The first-order valence-electron chi connectivity index (χ1n) is 5.52. The Bertz CT molecular complexity index is 513. The molecule has 1 unspecified atom stereocenters. The lowest BCUT2D eigenvalue weighted by atomic mass is 10.1. The number of nitrogens with two attached hydrogens (primary N) is 1. The van der Waals surface area contributed by atoms with Gasteiger partial charge in [0.15, 0.2) is 0 Å². The highest BCUT2D eigenvalue weighted by molar-refractivity contribution is 5.60. The zero-order valence-corrected chi connectivity index (χ0v) is 9.66. The zero-order chi connectivity index (χ0) is 12.4. The molecule has 7 heteroatoms. The summed E-state index contributed by atoms with van der Waals surface area (Å²) in [6, 6.07) is 0.0599. The third-order valence-electron chi connectivity index (χ3n) is 2.88. The molecular weight excluding hydrogens is 224 g/mol. The smallest absolute Gasteiger partial charge is 0.329 e. The summed E-state index contributed by atoms with van der Waals surface area (Å²) in [5.74, 6) is 0.143. The predicted molar refractivity (Wildman–Crippen MR) is 64.2 cm³/mol. The number of ether oxygens (including phenoxy) is 1. The Kier molecular flexibility index (Phi) is 3.19. The largest absolute Gasteiger partial charge is 0.383 e. The maximum absolute atomic E-state index is 11.6. The summed E-state index contributed by atoms with van der Waals surface area (Å²) in [5, 5.41) is 3.03. The molecular formula is C10H16N4O3.